The standard InChI is InChI=1S/C16H14F2N2O/c17-9-5-6-10(13(18)7-9)12-8-15(16(19)21)20-14-4-2-1-3-11(12)14/h5-8H,1-4H2,(H2,19,21). The number of amides is 1. The number of carbonyl (C=O) groups excluding carboxylic acids is 1. The number of halogens is 2. The SMILES string of the molecule is NC(=O)c1cc(-c2ccc(F)cc2F)c2c(n1)CCCC2. The van der Waals surface area contributed by atoms with Crippen molar-refractivity contribution in [2.75, 3.05) is 0 Å². The molecule has 0 spiro atoms. The van der Waals surface area contributed by atoms with Gasteiger partial charge in [0.25, 0.3) is 5.91 Å². The number of benzene rings is 1. The summed E-state index contributed by atoms with van der Waals surface area (Å²) in [7, 11) is 0. The van der Waals surface area contributed by atoms with Crippen LogP contribution in [0.1, 0.15) is 34.6 Å². The van der Waals surface area contributed by atoms with Crippen molar-refractivity contribution in [3.63, 3.8) is 0 Å². The quantitative estimate of drug-likeness (QED) is 0.923. The zero-order valence-electron chi connectivity index (χ0n) is 11.3. The van der Waals surface area contributed by atoms with Gasteiger partial charge in [-0.1, -0.05) is 0 Å². The summed E-state index contributed by atoms with van der Waals surface area (Å²) < 4.78 is 27.1. The molecule has 0 saturated heterocycles. The average molecular weight is 288 g/mol. The molecule has 1 heterocycles. The first-order chi connectivity index (χ1) is 10.1. The fraction of sp³-hybridized carbons (Fsp3) is 0.250. The molecule has 21 heavy (non-hydrogen) atoms. The lowest BCUT2D eigenvalue weighted by atomic mass is 9.88. The Hall–Kier alpha value is -2.30. The summed E-state index contributed by atoms with van der Waals surface area (Å²) in [5.74, 6) is -1.93. The molecular formula is C16H14F2N2O. The van der Waals surface area contributed by atoms with E-state index in [-0.39, 0.29) is 11.3 Å². The molecule has 1 amide bonds. The molecule has 0 aliphatic heterocycles. The number of pyridine rings is 1. The van der Waals surface area contributed by atoms with Gasteiger partial charge in [0.2, 0.25) is 0 Å². The summed E-state index contributed by atoms with van der Waals surface area (Å²) in [6.45, 7) is 0. The minimum Gasteiger partial charge on any atom is -0.364 e. The maximum absolute atomic E-state index is 14.1. The molecule has 2 aromatic rings. The van der Waals surface area contributed by atoms with Crippen molar-refractivity contribution in [1.82, 2.24) is 4.98 Å². The minimum absolute atomic E-state index is 0.120. The molecule has 1 aromatic carbocycles. The van der Waals surface area contributed by atoms with E-state index in [1.54, 1.807) is 0 Å². The first-order valence-corrected chi connectivity index (χ1v) is 6.84. The summed E-state index contributed by atoms with van der Waals surface area (Å²) in [5, 5.41) is 0. The predicted octanol–water partition coefficient (Wildman–Crippen LogP) is 3.00. The van der Waals surface area contributed by atoms with Crippen molar-refractivity contribution < 1.29 is 13.6 Å². The Morgan fingerprint density at radius 3 is 2.57 bits per heavy atom. The topological polar surface area (TPSA) is 56.0 Å². The average Bonchev–Trinajstić information content (AvgIpc) is 2.46. The van der Waals surface area contributed by atoms with E-state index < -0.39 is 17.5 Å². The van der Waals surface area contributed by atoms with Gasteiger partial charge >= 0.3 is 0 Å². The highest BCUT2D eigenvalue weighted by molar-refractivity contribution is 5.92. The number of aromatic nitrogens is 1. The molecule has 0 radical (unpaired) electrons. The molecule has 0 atom stereocenters. The van der Waals surface area contributed by atoms with Gasteiger partial charge in [-0.25, -0.2) is 13.8 Å². The third kappa shape index (κ3) is 2.51. The van der Waals surface area contributed by atoms with E-state index in [2.05, 4.69) is 4.98 Å². The number of hydrogen-bond acceptors (Lipinski definition) is 2. The molecule has 5 heteroatoms. The van der Waals surface area contributed by atoms with Gasteiger partial charge in [-0.2, -0.15) is 0 Å². The first-order valence-electron chi connectivity index (χ1n) is 6.84. The predicted molar refractivity (Wildman–Crippen MR) is 74.7 cm³/mol. The van der Waals surface area contributed by atoms with Crippen LogP contribution in [0, 0.1) is 11.6 Å². The van der Waals surface area contributed by atoms with Crippen LogP contribution in [-0.2, 0) is 12.8 Å². The lowest BCUT2D eigenvalue weighted by Crippen LogP contribution is -2.17. The Morgan fingerprint density at radius 1 is 1.10 bits per heavy atom. The maximum atomic E-state index is 14.1. The molecule has 0 bridgehead atoms. The largest absolute Gasteiger partial charge is 0.364 e. The number of aryl methyl sites for hydroxylation is 1. The molecule has 108 valence electrons. The number of fused-ring (bicyclic) bond motifs is 1. The van der Waals surface area contributed by atoms with E-state index in [0.29, 0.717) is 5.56 Å². The Labute approximate surface area is 120 Å². The monoisotopic (exact) mass is 288 g/mol. The minimum atomic E-state index is -0.649. The molecule has 3 nitrogen and oxygen atoms in total. The second-order valence-electron chi connectivity index (χ2n) is 5.18. The molecule has 0 saturated carbocycles. The van der Waals surface area contributed by atoms with Gasteiger partial charge in [-0.3, -0.25) is 4.79 Å². The smallest absolute Gasteiger partial charge is 0.267 e. The molecule has 0 fully saturated rings. The third-order valence-electron chi connectivity index (χ3n) is 3.77. The van der Waals surface area contributed by atoms with Gasteiger partial charge in [0.05, 0.1) is 0 Å². The molecule has 1 aliphatic carbocycles. The number of nitrogens with two attached hydrogens (primary N) is 1. The zero-order chi connectivity index (χ0) is 15.0. The highest BCUT2D eigenvalue weighted by Gasteiger charge is 2.20. The van der Waals surface area contributed by atoms with Gasteiger partial charge in [-0.05, 0) is 55.0 Å². The molecule has 1 aromatic heterocycles. The third-order valence-corrected chi connectivity index (χ3v) is 3.77. The fourth-order valence-corrected chi connectivity index (χ4v) is 2.78. The van der Waals surface area contributed by atoms with Crippen LogP contribution < -0.4 is 5.73 Å². The number of nitrogens with zero attached hydrogens (tertiary/aromatic N) is 1. The molecule has 2 N–H and O–H groups in total. The summed E-state index contributed by atoms with van der Waals surface area (Å²) in [6, 6.07) is 4.94. The molecule has 0 unspecified atom stereocenters. The lowest BCUT2D eigenvalue weighted by Gasteiger charge is -2.20. The van der Waals surface area contributed by atoms with Crippen molar-refractivity contribution in [3.8, 4) is 11.1 Å². The van der Waals surface area contributed by atoms with Crippen LogP contribution in [0.4, 0.5) is 8.78 Å². The maximum Gasteiger partial charge on any atom is 0.267 e. The number of hydrogen-bond donors (Lipinski definition) is 1. The van der Waals surface area contributed by atoms with Gasteiger partial charge in [-0.15, -0.1) is 0 Å². The van der Waals surface area contributed by atoms with Crippen LogP contribution in [0.2, 0.25) is 0 Å². The second-order valence-corrected chi connectivity index (χ2v) is 5.18. The number of primary amides is 1. The van der Waals surface area contributed by atoms with Crippen LogP contribution in [0.3, 0.4) is 0 Å². The zero-order valence-corrected chi connectivity index (χ0v) is 11.3. The van der Waals surface area contributed by atoms with Crippen molar-refractivity contribution in [2.45, 2.75) is 25.7 Å². The second kappa shape index (κ2) is 5.24. The Balaban J connectivity index is 2.24. The highest BCUT2D eigenvalue weighted by Crippen LogP contribution is 2.33. The Morgan fingerprint density at radius 2 is 1.86 bits per heavy atom. The van der Waals surface area contributed by atoms with E-state index in [1.165, 1.54) is 18.2 Å². The van der Waals surface area contributed by atoms with Crippen molar-refractivity contribution >= 4 is 5.91 Å². The van der Waals surface area contributed by atoms with Crippen LogP contribution >= 0.6 is 0 Å². The van der Waals surface area contributed by atoms with Gasteiger partial charge in [0.1, 0.15) is 17.3 Å². The normalized spacial score (nSPS) is 13.8. The summed E-state index contributed by atoms with van der Waals surface area (Å²) >= 11 is 0. The van der Waals surface area contributed by atoms with E-state index in [9.17, 15) is 13.6 Å². The molecule has 1 aliphatic rings. The van der Waals surface area contributed by atoms with Crippen LogP contribution in [-0.4, -0.2) is 10.9 Å². The highest BCUT2D eigenvalue weighted by atomic mass is 19.1. The Kier molecular flexibility index (Phi) is 3.41. The molecular weight excluding hydrogens is 274 g/mol. The van der Waals surface area contributed by atoms with E-state index >= 15 is 0 Å². The Bertz CT molecular complexity index is 728. The van der Waals surface area contributed by atoms with Crippen molar-refractivity contribution in [3.05, 3.63) is 52.9 Å². The lowest BCUT2D eigenvalue weighted by molar-refractivity contribution is 0.0995. The van der Waals surface area contributed by atoms with Crippen molar-refractivity contribution in [2.24, 2.45) is 5.73 Å². The molecule has 3 rings (SSSR count). The van der Waals surface area contributed by atoms with Crippen LogP contribution in [0.15, 0.2) is 24.3 Å². The number of rotatable bonds is 2. The first kappa shape index (κ1) is 13.7. The van der Waals surface area contributed by atoms with E-state index in [1.807, 2.05) is 0 Å². The van der Waals surface area contributed by atoms with E-state index in [4.69, 9.17) is 5.73 Å². The van der Waals surface area contributed by atoms with Crippen molar-refractivity contribution in [1.29, 1.82) is 0 Å². The van der Waals surface area contributed by atoms with E-state index in [0.717, 1.165) is 43.0 Å². The summed E-state index contributed by atoms with van der Waals surface area (Å²) in [4.78, 5) is 15.7. The van der Waals surface area contributed by atoms with Gasteiger partial charge in [0.15, 0.2) is 0 Å². The summed E-state index contributed by atoms with van der Waals surface area (Å²) in [6.07, 6.45) is 3.48. The van der Waals surface area contributed by atoms with Gasteiger partial charge < -0.3 is 5.73 Å². The van der Waals surface area contributed by atoms with Crippen LogP contribution in [0.25, 0.3) is 11.1 Å². The summed E-state index contributed by atoms with van der Waals surface area (Å²) in [5.41, 5.74) is 8.00. The fourth-order valence-electron chi connectivity index (χ4n) is 2.78. The van der Waals surface area contributed by atoms with Gasteiger partial charge in [0, 0.05) is 17.3 Å². The number of carbonyl (C=O) groups is 1. The van der Waals surface area contributed by atoms with Crippen LogP contribution in [0.5, 0.6) is 0 Å².